The molecule has 5 heteroatoms. The van der Waals surface area contributed by atoms with E-state index in [1.165, 1.54) is 6.92 Å². The molecule has 0 bridgehead atoms. The Morgan fingerprint density at radius 1 is 1.44 bits per heavy atom. The van der Waals surface area contributed by atoms with E-state index >= 15 is 0 Å². The molecule has 0 saturated carbocycles. The van der Waals surface area contributed by atoms with E-state index < -0.39 is 11.8 Å². The molecule has 0 radical (unpaired) electrons. The summed E-state index contributed by atoms with van der Waals surface area (Å²) in [7, 11) is 0. The van der Waals surface area contributed by atoms with Crippen LogP contribution >= 0.6 is 0 Å². The van der Waals surface area contributed by atoms with Crippen LogP contribution < -0.4 is 34.7 Å². The van der Waals surface area contributed by atoms with Crippen LogP contribution in [0, 0.1) is 0 Å². The molecule has 0 unspecified atom stereocenters. The monoisotopic (exact) mass is 142 g/mol. The predicted molar refractivity (Wildman–Crippen MR) is 23.9 cm³/mol. The van der Waals surface area contributed by atoms with E-state index in [4.69, 9.17) is 0 Å². The third-order valence-corrected chi connectivity index (χ3v) is 0.549. The first kappa shape index (κ1) is 16.0. The molecule has 0 aromatic rings. The van der Waals surface area contributed by atoms with Crippen molar-refractivity contribution in [3.05, 3.63) is 0 Å². The van der Waals surface area contributed by atoms with E-state index in [9.17, 15) is 14.7 Å². The third-order valence-electron chi connectivity index (χ3n) is 0.549. The average Bonchev–Trinajstić information content (AvgIpc) is 1.65. The zero-order valence-electron chi connectivity index (χ0n) is 5.43. The van der Waals surface area contributed by atoms with Crippen LogP contribution in [0.3, 0.4) is 0 Å². The van der Waals surface area contributed by atoms with Gasteiger partial charge in [-0.3, -0.25) is 4.79 Å². The van der Waals surface area contributed by atoms with Gasteiger partial charge in [0, 0.05) is 6.42 Å². The van der Waals surface area contributed by atoms with E-state index in [0.29, 0.717) is 0 Å². The standard InChI is InChI=1S/C4H6O3.Na.H2O/c1-2-3(5)4(6)7;;/h2H2,1H3,(H,6,7);;1H2/q;+1;/p-1. The van der Waals surface area contributed by atoms with Gasteiger partial charge in [-0.05, 0) is 0 Å². The number of Topliss-reactive ketones (excluding diaryl/α,β-unsaturated/α-hetero) is 1. The molecule has 0 aromatic heterocycles. The molecule has 0 aliphatic rings. The van der Waals surface area contributed by atoms with Crippen LogP contribution in [0.4, 0.5) is 0 Å². The first-order valence-electron chi connectivity index (χ1n) is 1.92. The van der Waals surface area contributed by atoms with Crippen LogP contribution in [-0.4, -0.2) is 17.2 Å². The molecule has 0 amide bonds. The molecule has 0 heterocycles. The van der Waals surface area contributed by atoms with Crippen molar-refractivity contribution in [2.45, 2.75) is 13.3 Å². The van der Waals surface area contributed by atoms with Crippen molar-refractivity contribution in [2.75, 3.05) is 0 Å². The molecule has 0 aliphatic carbocycles. The van der Waals surface area contributed by atoms with Crippen LogP contribution in [0.2, 0.25) is 0 Å². The minimum atomic E-state index is -1.59. The van der Waals surface area contributed by atoms with Crippen LogP contribution in [0.25, 0.3) is 0 Å². The van der Waals surface area contributed by atoms with Crippen LogP contribution in [-0.2, 0) is 9.59 Å². The van der Waals surface area contributed by atoms with E-state index in [0.717, 1.165) is 0 Å². The molecule has 0 rings (SSSR count). The van der Waals surface area contributed by atoms with Gasteiger partial charge in [0.2, 0.25) is 0 Å². The summed E-state index contributed by atoms with van der Waals surface area (Å²) in [6.45, 7) is 1.47. The summed E-state index contributed by atoms with van der Waals surface area (Å²) in [5.74, 6) is -2.44. The van der Waals surface area contributed by atoms with Crippen molar-refractivity contribution in [3.63, 3.8) is 0 Å². The van der Waals surface area contributed by atoms with E-state index in [1.807, 2.05) is 0 Å². The second kappa shape index (κ2) is 8.10. The number of hydrogen-bond donors (Lipinski definition) is 0. The van der Waals surface area contributed by atoms with E-state index in [-0.39, 0.29) is 41.5 Å². The molecule has 4 nitrogen and oxygen atoms in total. The first-order chi connectivity index (χ1) is 3.18. The van der Waals surface area contributed by atoms with Gasteiger partial charge in [-0.15, -0.1) is 0 Å². The Morgan fingerprint density at radius 2 is 1.78 bits per heavy atom. The van der Waals surface area contributed by atoms with Crippen molar-refractivity contribution < 1.29 is 49.7 Å². The number of rotatable bonds is 2. The number of carbonyl (C=O) groups is 2. The van der Waals surface area contributed by atoms with Gasteiger partial charge in [-0.2, -0.15) is 0 Å². The second-order valence-corrected chi connectivity index (χ2v) is 1.06. The summed E-state index contributed by atoms with van der Waals surface area (Å²) in [6.07, 6.45) is 0.0162. The van der Waals surface area contributed by atoms with Gasteiger partial charge in [0.05, 0.1) is 0 Å². The largest absolute Gasteiger partial charge is 1.00 e. The Balaban J connectivity index is -0.000000180. The van der Waals surface area contributed by atoms with E-state index in [2.05, 4.69) is 0 Å². The van der Waals surface area contributed by atoms with Gasteiger partial charge in [-0.1, -0.05) is 6.92 Å². The van der Waals surface area contributed by atoms with Crippen molar-refractivity contribution >= 4 is 11.8 Å². The molecular weight excluding hydrogens is 135 g/mol. The molecule has 0 spiro atoms. The normalized spacial score (nSPS) is 6.33. The van der Waals surface area contributed by atoms with E-state index in [1.54, 1.807) is 0 Å². The number of carboxylic acids is 1. The van der Waals surface area contributed by atoms with Gasteiger partial charge in [-0.25, -0.2) is 0 Å². The SMILES string of the molecule is CCC(=O)C(=O)[O-].O.[Na+]. The molecule has 0 saturated heterocycles. The molecule has 48 valence electrons. The maximum Gasteiger partial charge on any atom is 1.00 e. The fraction of sp³-hybridized carbons (Fsp3) is 0.500. The molecule has 0 fully saturated rings. The van der Waals surface area contributed by atoms with Crippen LogP contribution in [0.1, 0.15) is 13.3 Å². The Hall–Kier alpha value is 0.1000. The van der Waals surface area contributed by atoms with Gasteiger partial charge >= 0.3 is 29.6 Å². The number of carbonyl (C=O) groups excluding carboxylic acids is 2. The quantitative estimate of drug-likeness (QED) is 0.285. The minimum Gasteiger partial charge on any atom is -0.542 e. The smallest absolute Gasteiger partial charge is 0.542 e. The molecule has 2 N–H and O–H groups in total. The number of hydrogen-bond acceptors (Lipinski definition) is 3. The Kier molecular flexibility index (Phi) is 14.4. The summed E-state index contributed by atoms with van der Waals surface area (Å²) in [4.78, 5) is 19.3. The van der Waals surface area contributed by atoms with Crippen LogP contribution in [0.15, 0.2) is 0 Å². The van der Waals surface area contributed by atoms with Gasteiger partial charge in [0.25, 0.3) is 0 Å². The molecule has 0 aliphatic heterocycles. The topological polar surface area (TPSA) is 88.7 Å². The molecule has 0 aromatic carbocycles. The Bertz CT molecular complexity index is 101. The summed E-state index contributed by atoms with van der Waals surface area (Å²) < 4.78 is 0. The minimum absolute atomic E-state index is 0. The third kappa shape index (κ3) is 8.10. The Morgan fingerprint density at radius 3 is 1.78 bits per heavy atom. The van der Waals surface area contributed by atoms with Crippen molar-refractivity contribution in [2.24, 2.45) is 0 Å². The molecule has 0 atom stereocenters. The summed E-state index contributed by atoms with van der Waals surface area (Å²) in [5, 5.41) is 9.47. The zero-order chi connectivity index (χ0) is 5.86. The van der Waals surface area contributed by atoms with Gasteiger partial charge < -0.3 is 15.4 Å². The maximum atomic E-state index is 9.85. The average molecular weight is 142 g/mol. The maximum absolute atomic E-state index is 9.85. The van der Waals surface area contributed by atoms with Crippen molar-refractivity contribution in [1.82, 2.24) is 0 Å². The fourth-order valence-corrected chi connectivity index (χ4v) is 0.144. The van der Waals surface area contributed by atoms with Crippen molar-refractivity contribution in [3.8, 4) is 0 Å². The fourth-order valence-electron chi connectivity index (χ4n) is 0.144. The number of carboxylic acid groups (broad SMARTS) is 1. The van der Waals surface area contributed by atoms with Gasteiger partial charge in [0.1, 0.15) is 5.97 Å². The second-order valence-electron chi connectivity index (χ2n) is 1.06. The summed E-state index contributed by atoms with van der Waals surface area (Å²) >= 11 is 0. The summed E-state index contributed by atoms with van der Waals surface area (Å²) in [5.41, 5.74) is 0. The first-order valence-corrected chi connectivity index (χ1v) is 1.92. The zero-order valence-corrected chi connectivity index (χ0v) is 7.43. The summed E-state index contributed by atoms with van der Waals surface area (Å²) in [6, 6.07) is 0. The number of ketones is 1. The molecule has 9 heavy (non-hydrogen) atoms. The molecular formula is C4H7NaO4. The predicted octanol–water partition coefficient (Wildman–Crippen LogP) is -5.11. The van der Waals surface area contributed by atoms with Gasteiger partial charge in [0.15, 0.2) is 5.78 Å². The van der Waals surface area contributed by atoms with Crippen LogP contribution in [0.5, 0.6) is 0 Å². The van der Waals surface area contributed by atoms with Crippen molar-refractivity contribution in [1.29, 1.82) is 0 Å². The Labute approximate surface area is 74.8 Å². The number of aliphatic carboxylic acids is 1.